The number of aromatic nitrogens is 1. The predicted molar refractivity (Wildman–Crippen MR) is 135 cm³/mol. The Bertz CT molecular complexity index is 1420. The van der Waals surface area contributed by atoms with Crippen LogP contribution in [0, 0.1) is 6.92 Å². The quantitative estimate of drug-likeness (QED) is 0.349. The number of amides is 1. The molecule has 2 heterocycles. The molecule has 4 aromatic rings. The molecule has 1 unspecified atom stereocenters. The number of allylic oxidation sites excluding steroid dienone is 1. The van der Waals surface area contributed by atoms with Crippen LogP contribution in [0.1, 0.15) is 24.1 Å². The SMILES string of the molecule is CC1=C(C(=O)Nc2ccccc2C)C(c2ccccc2Cl)N=C(Nc2nc3ccccc3o2)N1. The third-order valence-electron chi connectivity index (χ3n) is 5.60. The summed E-state index contributed by atoms with van der Waals surface area (Å²) in [5.74, 6) is 0.148. The van der Waals surface area contributed by atoms with Crippen LogP contribution < -0.4 is 16.0 Å². The van der Waals surface area contributed by atoms with E-state index in [0.717, 1.165) is 22.3 Å². The number of oxazole rings is 1. The lowest BCUT2D eigenvalue weighted by Gasteiger charge is -2.27. The zero-order chi connectivity index (χ0) is 23.7. The summed E-state index contributed by atoms with van der Waals surface area (Å²) in [4.78, 5) is 22.7. The van der Waals surface area contributed by atoms with E-state index in [1.165, 1.54) is 0 Å². The number of hydrogen-bond acceptors (Lipinski definition) is 6. The van der Waals surface area contributed by atoms with Crippen LogP contribution in [0.5, 0.6) is 0 Å². The molecule has 3 N–H and O–H groups in total. The highest BCUT2D eigenvalue weighted by molar-refractivity contribution is 6.31. The van der Waals surface area contributed by atoms with Crippen molar-refractivity contribution in [3.63, 3.8) is 0 Å². The van der Waals surface area contributed by atoms with E-state index in [0.29, 0.717) is 33.9 Å². The number of aliphatic imine (C=N–C) groups is 1. The van der Waals surface area contributed by atoms with Crippen LogP contribution in [-0.4, -0.2) is 16.9 Å². The molecule has 3 aromatic carbocycles. The van der Waals surface area contributed by atoms with Gasteiger partial charge in [0.05, 0.1) is 5.57 Å². The van der Waals surface area contributed by atoms with E-state index in [1.807, 2.05) is 80.6 Å². The van der Waals surface area contributed by atoms with Gasteiger partial charge in [-0.2, -0.15) is 4.98 Å². The number of halogens is 1. The molecule has 1 aromatic heterocycles. The lowest BCUT2D eigenvalue weighted by molar-refractivity contribution is -0.113. The van der Waals surface area contributed by atoms with E-state index in [9.17, 15) is 4.79 Å². The van der Waals surface area contributed by atoms with E-state index in [1.54, 1.807) is 6.07 Å². The molecule has 0 saturated carbocycles. The van der Waals surface area contributed by atoms with Crippen LogP contribution in [0.15, 0.2) is 93.5 Å². The largest absolute Gasteiger partial charge is 0.423 e. The zero-order valence-electron chi connectivity index (χ0n) is 18.6. The second kappa shape index (κ2) is 9.03. The van der Waals surface area contributed by atoms with Gasteiger partial charge in [0.15, 0.2) is 5.58 Å². The van der Waals surface area contributed by atoms with Gasteiger partial charge in [-0.1, -0.05) is 60.1 Å². The molecule has 170 valence electrons. The van der Waals surface area contributed by atoms with Gasteiger partial charge in [0.2, 0.25) is 5.96 Å². The number of carbonyl (C=O) groups is 1. The Morgan fingerprint density at radius 2 is 1.74 bits per heavy atom. The average molecular weight is 472 g/mol. The van der Waals surface area contributed by atoms with Crippen molar-refractivity contribution in [2.45, 2.75) is 19.9 Å². The topological polar surface area (TPSA) is 91.5 Å². The van der Waals surface area contributed by atoms with Gasteiger partial charge >= 0.3 is 6.01 Å². The molecule has 0 spiro atoms. The fraction of sp³-hybridized carbons (Fsp3) is 0.115. The number of rotatable bonds is 4. The van der Waals surface area contributed by atoms with Crippen molar-refractivity contribution < 1.29 is 9.21 Å². The summed E-state index contributed by atoms with van der Waals surface area (Å²) in [6.07, 6.45) is 0. The standard InChI is InChI=1S/C26H22ClN5O2/c1-15-9-3-6-12-19(15)29-24(33)22-16(2)28-25(31-23(22)17-10-4-5-11-18(17)27)32-26-30-20-13-7-8-14-21(20)34-26/h3-14,23H,1-2H3,(H,29,33)(H2,28,30,31,32). The minimum absolute atomic E-state index is 0.256. The third-order valence-corrected chi connectivity index (χ3v) is 5.94. The van der Waals surface area contributed by atoms with Crippen molar-refractivity contribution in [1.82, 2.24) is 10.3 Å². The minimum atomic E-state index is -0.633. The number of anilines is 2. The molecule has 1 amide bonds. The van der Waals surface area contributed by atoms with E-state index in [-0.39, 0.29) is 5.91 Å². The van der Waals surface area contributed by atoms with E-state index >= 15 is 0 Å². The lowest BCUT2D eigenvalue weighted by Crippen LogP contribution is -2.37. The lowest BCUT2D eigenvalue weighted by atomic mass is 9.95. The van der Waals surface area contributed by atoms with Gasteiger partial charge < -0.3 is 15.1 Å². The second-order valence-electron chi connectivity index (χ2n) is 7.95. The summed E-state index contributed by atoms with van der Waals surface area (Å²) < 4.78 is 5.77. The molecular weight excluding hydrogens is 450 g/mol. The van der Waals surface area contributed by atoms with Gasteiger partial charge in [0, 0.05) is 22.0 Å². The second-order valence-corrected chi connectivity index (χ2v) is 8.35. The minimum Gasteiger partial charge on any atom is -0.423 e. The highest BCUT2D eigenvalue weighted by Gasteiger charge is 2.31. The van der Waals surface area contributed by atoms with Crippen molar-refractivity contribution in [2.24, 2.45) is 4.99 Å². The fourth-order valence-corrected chi connectivity index (χ4v) is 4.12. The van der Waals surface area contributed by atoms with Crippen LogP contribution in [0.3, 0.4) is 0 Å². The molecule has 0 fully saturated rings. The molecule has 34 heavy (non-hydrogen) atoms. The van der Waals surface area contributed by atoms with Crippen molar-refractivity contribution in [1.29, 1.82) is 0 Å². The van der Waals surface area contributed by atoms with Crippen LogP contribution >= 0.6 is 11.6 Å². The number of nitrogens with one attached hydrogen (secondary N) is 3. The first kappa shape index (κ1) is 21.7. The van der Waals surface area contributed by atoms with Crippen LogP contribution in [0.4, 0.5) is 11.7 Å². The van der Waals surface area contributed by atoms with Gasteiger partial charge in [-0.25, -0.2) is 4.99 Å². The summed E-state index contributed by atoms with van der Waals surface area (Å²) in [6.45, 7) is 3.78. The van der Waals surface area contributed by atoms with Crippen molar-refractivity contribution in [3.8, 4) is 0 Å². The number of aryl methyl sites for hydroxylation is 1. The zero-order valence-corrected chi connectivity index (χ0v) is 19.4. The molecule has 7 nitrogen and oxygen atoms in total. The summed E-state index contributed by atoms with van der Waals surface area (Å²) in [5, 5.41) is 9.80. The first-order valence-corrected chi connectivity index (χ1v) is 11.2. The Morgan fingerprint density at radius 3 is 2.53 bits per heavy atom. The van der Waals surface area contributed by atoms with Crippen molar-refractivity contribution in [2.75, 3.05) is 10.6 Å². The van der Waals surface area contributed by atoms with Crippen LogP contribution in [0.25, 0.3) is 11.1 Å². The molecule has 0 saturated heterocycles. The van der Waals surface area contributed by atoms with Crippen molar-refractivity contribution in [3.05, 3.63) is 100 Å². The normalized spacial score (nSPS) is 15.6. The smallest absolute Gasteiger partial charge is 0.302 e. The van der Waals surface area contributed by atoms with Gasteiger partial charge in [-0.3, -0.25) is 10.1 Å². The Balaban J connectivity index is 1.50. The molecule has 1 atom stereocenters. The summed E-state index contributed by atoms with van der Waals surface area (Å²) >= 11 is 6.53. The Hall–Kier alpha value is -4.10. The first-order valence-electron chi connectivity index (χ1n) is 10.8. The summed E-state index contributed by atoms with van der Waals surface area (Å²) in [6, 6.07) is 22.2. The van der Waals surface area contributed by atoms with Crippen molar-refractivity contribution >= 4 is 46.3 Å². The first-order chi connectivity index (χ1) is 16.5. The average Bonchev–Trinajstić information content (AvgIpc) is 3.22. The summed E-state index contributed by atoms with van der Waals surface area (Å²) in [5.41, 5.74) is 4.93. The number of hydrogen-bond donors (Lipinski definition) is 3. The Morgan fingerprint density at radius 1 is 1.00 bits per heavy atom. The number of benzene rings is 3. The number of nitrogens with zero attached hydrogens (tertiary/aromatic N) is 2. The van der Waals surface area contributed by atoms with Gasteiger partial charge in [-0.05, 0) is 43.7 Å². The molecule has 0 aliphatic carbocycles. The number of carbonyl (C=O) groups excluding carboxylic acids is 1. The maximum Gasteiger partial charge on any atom is 0.302 e. The highest BCUT2D eigenvalue weighted by Crippen LogP contribution is 2.35. The molecular formula is C26H22ClN5O2. The number of fused-ring (bicyclic) bond motifs is 1. The van der Waals surface area contributed by atoms with E-state index in [4.69, 9.17) is 21.0 Å². The molecule has 1 aliphatic rings. The Kier molecular flexibility index (Phi) is 5.77. The molecule has 8 heteroatoms. The maximum atomic E-state index is 13.4. The molecule has 0 bridgehead atoms. The number of para-hydroxylation sites is 3. The van der Waals surface area contributed by atoms with E-state index in [2.05, 4.69) is 20.9 Å². The van der Waals surface area contributed by atoms with Crippen LogP contribution in [0.2, 0.25) is 5.02 Å². The molecule has 0 radical (unpaired) electrons. The summed E-state index contributed by atoms with van der Waals surface area (Å²) in [7, 11) is 0. The third kappa shape index (κ3) is 4.25. The molecule has 5 rings (SSSR count). The monoisotopic (exact) mass is 471 g/mol. The van der Waals surface area contributed by atoms with Crippen LogP contribution in [-0.2, 0) is 4.79 Å². The Labute approximate surface area is 201 Å². The fourth-order valence-electron chi connectivity index (χ4n) is 3.89. The van der Waals surface area contributed by atoms with Gasteiger partial charge in [0.1, 0.15) is 11.6 Å². The highest BCUT2D eigenvalue weighted by atomic mass is 35.5. The molecule has 1 aliphatic heterocycles. The predicted octanol–water partition coefficient (Wildman–Crippen LogP) is 5.81. The maximum absolute atomic E-state index is 13.4. The number of guanidine groups is 1. The van der Waals surface area contributed by atoms with Gasteiger partial charge in [0.25, 0.3) is 5.91 Å². The van der Waals surface area contributed by atoms with E-state index < -0.39 is 6.04 Å². The van der Waals surface area contributed by atoms with Gasteiger partial charge in [-0.15, -0.1) is 0 Å².